The lowest BCUT2D eigenvalue weighted by Gasteiger charge is -2.36. The van der Waals surface area contributed by atoms with Gasteiger partial charge < -0.3 is 4.90 Å². The Labute approximate surface area is 181 Å². The van der Waals surface area contributed by atoms with Crippen LogP contribution in [0.5, 0.6) is 0 Å². The van der Waals surface area contributed by atoms with Crippen molar-refractivity contribution in [1.82, 2.24) is 4.90 Å². The quantitative estimate of drug-likeness (QED) is 0.483. The minimum Gasteiger partial charge on any atom is -0.369 e. The Morgan fingerprint density at radius 3 is 2.24 bits per heavy atom. The fourth-order valence-electron chi connectivity index (χ4n) is 3.80. The number of hydrogen-bond donors (Lipinski definition) is 0. The van der Waals surface area contributed by atoms with Gasteiger partial charge in [-0.1, -0.05) is 53.5 Å². The van der Waals surface area contributed by atoms with Crippen LogP contribution in [0, 0.1) is 0 Å². The number of halogens is 2. The second-order valence-corrected chi connectivity index (χ2v) is 8.10. The van der Waals surface area contributed by atoms with Gasteiger partial charge in [0.15, 0.2) is 0 Å². The summed E-state index contributed by atoms with van der Waals surface area (Å²) in [6.45, 7) is 4.78. The number of hydrogen-bond acceptors (Lipinski definition) is 3. The third-order valence-corrected chi connectivity index (χ3v) is 5.95. The Hall–Kier alpha value is -2.33. The van der Waals surface area contributed by atoms with Gasteiger partial charge in [-0.15, -0.1) is 0 Å². The summed E-state index contributed by atoms with van der Waals surface area (Å²) in [6, 6.07) is 21.9. The van der Waals surface area contributed by atoms with E-state index < -0.39 is 0 Å². The van der Waals surface area contributed by atoms with Crippen molar-refractivity contribution in [3.8, 4) is 11.1 Å². The Bertz CT molecular complexity index is 996. The molecule has 3 aromatic rings. The van der Waals surface area contributed by atoms with E-state index in [0.717, 1.165) is 50.1 Å². The van der Waals surface area contributed by atoms with Gasteiger partial charge in [-0.3, -0.25) is 9.69 Å². The third kappa shape index (κ3) is 4.64. The maximum Gasteiger partial charge on any atom is 0.150 e. The molecule has 0 unspecified atom stereocenters. The molecule has 0 aliphatic carbocycles. The predicted octanol–water partition coefficient (Wildman–Crippen LogP) is 5.80. The van der Waals surface area contributed by atoms with Crippen molar-refractivity contribution in [1.29, 1.82) is 0 Å². The molecule has 1 fully saturated rings. The van der Waals surface area contributed by atoms with Crippen molar-refractivity contribution in [3.63, 3.8) is 0 Å². The first kappa shape index (κ1) is 20.0. The van der Waals surface area contributed by atoms with E-state index in [-0.39, 0.29) is 0 Å². The minimum absolute atomic E-state index is 0.647. The summed E-state index contributed by atoms with van der Waals surface area (Å²) in [7, 11) is 0. The average Bonchev–Trinajstić information content (AvgIpc) is 2.75. The highest BCUT2D eigenvalue weighted by atomic mass is 35.5. The zero-order valence-corrected chi connectivity index (χ0v) is 17.5. The van der Waals surface area contributed by atoms with Crippen LogP contribution in [0.3, 0.4) is 0 Å². The fourth-order valence-corrected chi connectivity index (χ4v) is 4.31. The summed E-state index contributed by atoms with van der Waals surface area (Å²) >= 11 is 12.5. The Morgan fingerprint density at radius 2 is 1.55 bits per heavy atom. The highest BCUT2D eigenvalue weighted by molar-refractivity contribution is 6.36. The topological polar surface area (TPSA) is 23.6 Å². The zero-order valence-electron chi connectivity index (χ0n) is 16.0. The van der Waals surface area contributed by atoms with E-state index in [1.807, 2.05) is 42.5 Å². The Balaban J connectivity index is 1.45. The molecule has 1 aliphatic heterocycles. The largest absolute Gasteiger partial charge is 0.369 e. The van der Waals surface area contributed by atoms with Crippen LogP contribution in [0.15, 0.2) is 66.7 Å². The van der Waals surface area contributed by atoms with Gasteiger partial charge >= 0.3 is 0 Å². The van der Waals surface area contributed by atoms with Crippen molar-refractivity contribution in [2.75, 3.05) is 31.1 Å². The van der Waals surface area contributed by atoms with Gasteiger partial charge in [-0.25, -0.2) is 0 Å². The van der Waals surface area contributed by atoms with Crippen molar-refractivity contribution < 1.29 is 4.79 Å². The predicted molar refractivity (Wildman–Crippen MR) is 121 cm³/mol. The monoisotopic (exact) mass is 424 g/mol. The zero-order chi connectivity index (χ0) is 20.2. The summed E-state index contributed by atoms with van der Waals surface area (Å²) in [4.78, 5) is 15.7. The number of aldehydes is 1. The fraction of sp³-hybridized carbons (Fsp3) is 0.208. The maximum atomic E-state index is 10.8. The molecule has 5 heteroatoms. The van der Waals surface area contributed by atoms with Crippen LogP contribution in [0.25, 0.3) is 11.1 Å². The molecule has 3 aromatic carbocycles. The molecule has 4 rings (SSSR count). The smallest absolute Gasteiger partial charge is 0.150 e. The molecule has 1 saturated heterocycles. The van der Waals surface area contributed by atoms with Gasteiger partial charge in [0, 0.05) is 59.6 Å². The second-order valence-electron chi connectivity index (χ2n) is 7.25. The van der Waals surface area contributed by atoms with Gasteiger partial charge in [-0.2, -0.15) is 0 Å². The van der Waals surface area contributed by atoms with Crippen LogP contribution in [-0.2, 0) is 6.54 Å². The molecule has 0 amide bonds. The molecule has 1 aliphatic rings. The van der Waals surface area contributed by atoms with Gasteiger partial charge in [-0.05, 0) is 47.5 Å². The molecule has 0 N–H and O–H groups in total. The third-order valence-electron chi connectivity index (χ3n) is 5.40. The molecule has 0 aromatic heterocycles. The van der Waals surface area contributed by atoms with Crippen molar-refractivity contribution in [2.45, 2.75) is 6.54 Å². The molecule has 148 valence electrons. The summed E-state index contributed by atoms with van der Waals surface area (Å²) in [5.41, 5.74) is 5.32. The van der Waals surface area contributed by atoms with Gasteiger partial charge in [0.2, 0.25) is 0 Å². The van der Waals surface area contributed by atoms with Crippen LogP contribution < -0.4 is 4.90 Å². The maximum absolute atomic E-state index is 10.8. The van der Waals surface area contributed by atoms with Crippen molar-refractivity contribution >= 4 is 35.2 Å². The van der Waals surface area contributed by atoms with Crippen LogP contribution >= 0.6 is 23.2 Å². The van der Waals surface area contributed by atoms with E-state index >= 15 is 0 Å². The number of nitrogens with zero attached hydrogens (tertiary/aromatic N) is 2. The number of rotatable bonds is 5. The van der Waals surface area contributed by atoms with Gasteiger partial charge in [0.1, 0.15) is 6.29 Å². The van der Waals surface area contributed by atoms with Crippen molar-refractivity contribution in [3.05, 3.63) is 87.9 Å². The second kappa shape index (κ2) is 9.00. The van der Waals surface area contributed by atoms with Crippen LogP contribution in [0.4, 0.5) is 5.69 Å². The van der Waals surface area contributed by atoms with E-state index in [1.54, 1.807) is 6.07 Å². The first-order valence-electron chi connectivity index (χ1n) is 9.70. The molecule has 0 saturated carbocycles. The van der Waals surface area contributed by atoms with E-state index in [1.165, 1.54) is 11.3 Å². The lowest BCUT2D eigenvalue weighted by atomic mass is 9.99. The van der Waals surface area contributed by atoms with Crippen LogP contribution in [0.2, 0.25) is 10.0 Å². The highest BCUT2D eigenvalue weighted by Gasteiger charge is 2.19. The van der Waals surface area contributed by atoms with Crippen LogP contribution in [0.1, 0.15) is 15.9 Å². The number of carbonyl (C=O) groups is 1. The summed E-state index contributed by atoms with van der Waals surface area (Å²) in [6.07, 6.45) is 0.881. The molecule has 3 nitrogen and oxygen atoms in total. The van der Waals surface area contributed by atoms with E-state index in [2.05, 4.69) is 28.0 Å². The molecule has 29 heavy (non-hydrogen) atoms. The number of carbonyl (C=O) groups excluding carboxylic acids is 1. The first-order valence-corrected chi connectivity index (χ1v) is 10.5. The molecular formula is C24H22Cl2N2O. The number of anilines is 1. The first-order chi connectivity index (χ1) is 14.1. The molecule has 1 heterocycles. The lowest BCUT2D eigenvalue weighted by Crippen LogP contribution is -2.46. The molecular weight excluding hydrogens is 403 g/mol. The van der Waals surface area contributed by atoms with E-state index in [9.17, 15) is 4.79 Å². The van der Waals surface area contributed by atoms with Gasteiger partial charge in [0.25, 0.3) is 0 Å². The van der Waals surface area contributed by atoms with Gasteiger partial charge in [0.05, 0.1) is 0 Å². The SMILES string of the molecule is O=Cc1ccc(N2CCN(Cc3ccccc3-c3ccc(Cl)cc3Cl)CC2)cc1. The number of piperazine rings is 1. The highest BCUT2D eigenvalue weighted by Crippen LogP contribution is 2.33. The molecule has 0 atom stereocenters. The van der Waals surface area contributed by atoms with E-state index in [0.29, 0.717) is 15.6 Å². The van der Waals surface area contributed by atoms with E-state index in [4.69, 9.17) is 23.2 Å². The standard InChI is InChI=1S/C24H22Cl2N2O/c25-20-7-10-23(24(26)15-20)22-4-2-1-3-19(22)16-27-11-13-28(14-12-27)21-8-5-18(17-29)6-9-21/h1-10,15,17H,11-14,16H2. The van der Waals surface area contributed by atoms with Crippen LogP contribution in [-0.4, -0.2) is 37.4 Å². The molecule has 0 bridgehead atoms. The number of benzene rings is 3. The Kier molecular flexibility index (Phi) is 6.19. The summed E-state index contributed by atoms with van der Waals surface area (Å²) < 4.78 is 0. The normalized spacial score (nSPS) is 14.8. The minimum atomic E-state index is 0.647. The molecule has 0 radical (unpaired) electrons. The average molecular weight is 425 g/mol. The molecule has 0 spiro atoms. The summed E-state index contributed by atoms with van der Waals surface area (Å²) in [5, 5.41) is 1.32. The lowest BCUT2D eigenvalue weighted by molar-refractivity contribution is 0.112. The summed E-state index contributed by atoms with van der Waals surface area (Å²) in [5.74, 6) is 0. The van der Waals surface area contributed by atoms with Crippen molar-refractivity contribution in [2.24, 2.45) is 0 Å². The Morgan fingerprint density at radius 1 is 0.828 bits per heavy atom.